The maximum Gasteiger partial charge on any atom is 0.338 e. The molecule has 0 aliphatic rings. The van der Waals surface area contributed by atoms with Crippen LogP contribution in [-0.2, 0) is 31.0 Å². The second kappa shape index (κ2) is 22.7. The van der Waals surface area contributed by atoms with Gasteiger partial charge in [0.05, 0.1) is 18.8 Å². The third-order valence-electron chi connectivity index (χ3n) is 12.6. The molecule has 0 bridgehead atoms. The van der Waals surface area contributed by atoms with Gasteiger partial charge in [-0.2, -0.15) is 0 Å². The summed E-state index contributed by atoms with van der Waals surface area (Å²) < 4.78 is 26.8. The van der Waals surface area contributed by atoms with E-state index < -0.39 is 24.0 Å². The van der Waals surface area contributed by atoms with Crippen molar-refractivity contribution in [2.24, 2.45) is 0 Å². The summed E-state index contributed by atoms with van der Waals surface area (Å²) in [4.78, 5) is 13.7. The average Bonchev–Trinajstić information content (AvgIpc) is 3.35. The minimum absolute atomic E-state index is 0.0840. The fraction of sp³-hybridized carbons (Fsp3) is 0.305. The number of aryl methyl sites for hydroxylation is 1. The first-order valence-corrected chi connectivity index (χ1v) is 23.6. The molecule has 328 valence electrons. The van der Waals surface area contributed by atoms with E-state index in [-0.39, 0.29) is 13.2 Å². The highest BCUT2D eigenvalue weighted by Gasteiger charge is 2.39. The fourth-order valence-corrected chi connectivity index (χ4v) is 9.24. The van der Waals surface area contributed by atoms with E-state index in [9.17, 15) is 4.79 Å². The van der Waals surface area contributed by atoms with Crippen molar-refractivity contribution >= 4 is 38.3 Å². The lowest BCUT2D eigenvalue weighted by molar-refractivity contribution is -0.170. The Morgan fingerprint density at radius 2 is 1.05 bits per heavy atom. The molecular formula is C59H62O5. The van der Waals surface area contributed by atoms with Gasteiger partial charge < -0.3 is 18.9 Å². The van der Waals surface area contributed by atoms with Gasteiger partial charge in [0.25, 0.3) is 0 Å². The van der Waals surface area contributed by atoms with Crippen LogP contribution < -0.4 is 0 Å². The summed E-state index contributed by atoms with van der Waals surface area (Å²) >= 11 is 0. The lowest BCUT2D eigenvalue weighted by Crippen LogP contribution is -2.39. The number of hydrogen-bond donors (Lipinski definition) is 0. The van der Waals surface area contributed by atoms with Crippen molar-refractivity contribution in [3.63, 3.8) is 0 Å². The first-order chi connectivity index (χ1) is 31.6. The van der Waals surface area contributed by atoms with Crippen LogP contribution in [0, 0.1) is 0 Å². The van der Waals surface area contributed by atoms with Gasteiger partial charge in [0, 0.05) is 6.61 Å². The summed E-state index contributed by atoms with van der Waals surface area (Å²) in [5, 5.41) is 7.95. The normalized spacial score (nSPS) is 12.8. The van der Waals surface area contributed by atoms with E-state index in [0.29, 0.717) is 12.2 Å². The van der Waals surface area contributed by atoms with Gasteiger partial charge in [-0.25, -0.2) is 4.79 Å². The van der Waals surface area contributed by atoms with E-state index >= 15 is 0 Å². The molecule has 0 radical (unpaired) electrons. The molecule has 0 heterocycles. The van der Waals surface area contributed by atoms with Gasteiger partial charge in [0.15, 0.2) is 6.29 Å². The Bertz CT molecular complexity index is 2500. The third-order valence-corrected chi connectivity index (χ3v) is 12.6. The number of rotatable bonds is 25. The number of benzene rings is 8. The Balaban J connectivity index is 0.981. The van der Waals surface area contributed by atoms with Gasteiger partial charge in [-0.3, -0.25) is 0 Å². The van der Waals surface area contributed by atoms with E-state index in [1.165, 1.54) is 70.0 Å². The molecule has 64 heavy (non-hydrogen) atoms. The third kappa shape index (κ3) is 10.9. The summed E-state index contributed by atoms with van der Waals surface area (Å²) in [6.07, 6.45) is 10.9. The Hall–Kier alpha value is -5.85. The second-order valence-corrected chi connectivity index (χ2v) is 17.1. The fourth-order valence-electron chi connectivity index (χ4n) is 9.24. The zero-order valence-corrected chi connectivity index (χ0v) is 37.3. The SMILES string of the molecule is CCCCCCCCCC(OCCCCc1ccc2ccc3cccc4ccc1c2c34)OCC(COC(c1ccccc1)(c1ccccc1)c1ccccc1)OC(=O)c1ccccc1. The summed E-state index contributed by atoms with van der Waals surface area (Å²) in [7, 11) is 0. The molecule has 0 amide bonds. The summed E-state index contributed by atoms with van der Waals surface area (Å²) in [5.41, 5.74) is 3.80. The molecule has 0 aliphatic heterocycles. The van der Waals surface area contributed by atoms with Gasteiger partial charge in [-0.15, -0.1) is 0 Å². The van der Waals surface area contributed by atoms with Crippen molar-refractivity contribution in [3.05, 3.63) is 204 Å². The first kappa shape index (κ1) is 44.7. The molecule has 0 aromatic heterocycles. The minimum atomic E-state index is -0.983. The van der Waals surface area contributed by atoms with Gasteiger partial charge in [-0.05, 0) is 98.8 Å². The molecule has 5 nitrogen and oxygen atoms in total. The number of hydrogen-bond acceptors (Lipinski definition) is 5. The molecule has 2 atom stereocenters. The molecule has 8 aromatic rings. The predicted octanol–water partition coefficient (Wildman–Crippen LogP) is 14.6. The Kier molecular flexibility index (Phi) is 15.9. The largest absolute Gasteiger partial charge is 0.454 e. The van der Waals surface area contributed by atoms with Crippen LogP contribution in [0.2, 0.25) is 0 Å². The van der Waals surface area contributed by atoms with Crippen LogP contribution in [0.5, 0.6) is 0 Å². The summed E-state index contributed by atoms with van der Waals surface area (Å²) in [6, 6.07) is 60.2. The number of carbonyl (C=O) groups excluding carboxylic acids is 1. The molecule has 0 fully saturated rings. The molecule has 8 aromatic carbocycles. The van der Waals surface area contributed by atoms with Crippen LogP contribution >= 0.6 is 0 Å². The zero-order chi connectivity index (χ0) is 43.8. The Morgan fingerprint density at radius 1 is 0.500 bits per heavy atom. The number of ether oxygens (including phenoxy) is 4. The van der Waals surface area contributed by atoms with E-state index in [4.69, 9.17) is 18.9 Å². The Labute approximate surface area is 379 Å². The molecule has 0 N–H and O–H groups in total. The van der Waals surface area contributed by atoms with Crippen molar-refractivity contribution in [2.45, 2.75) is 95.5 Å². The molecule has 5 heteroatoms. The maximum absolute atomic E-state index is 13.7. The lowest BCUT2D eigenvalue weighted by Gasteiger charge is -2.37. The molecular weight excluding hydrogens is 789 g/mol. The van der Waals surface area contributed by atoms with Crippen molar-refractivity contribution in [1.82, 2.24) is 0 Å². The highest BCUT2D eigenvalue weighted by Crippen LogP contribution is 2.41. The van der Waals surface area contributed by atoms with Gasteiger partial charge in [-0.1, -0.05) is 209 Å². The molecule has 8 rings (SSSR count). The highest BCUT2D eigenvalue weighted by atomic mass is 16.7. The maximum atomic E-state index is 13.7. The monoisotopic (exact) mass is 850 g/mol. The van der Waals surface area contributed by atoms with Crippen molar-refractivity contribution in [3.8, 4) is 0 Å². The molecule has 0 aliphatic carbocycles. The van der Waals surface area contributed by atoms with E-state index in [1.54, 1.807) is 12.1 Å². The quantitative estimate of drug-likeness (QED) is 0.0188. The van der Waals surface area contributed by atoms with E-state index in [1.807, 2.05) is 72.8 Å². The van der Waals surface area contributed by atoms with Crippen LogP contribution in [0.3, 0.4) is 0 Å². The van der Waals surface area contributed by atoms with Crippen LogP contribution in [0.25, 0.3) is 32.3 Å². The molecule has 0 spiro atoms. The van der Waals surface area contributed by atoms with Crippen LogP contribution in [0.1, 0.15) is 104 Å². The van der Waals surface area contributed by atoms with Crippen molar-refractivity contribution in [2.75, 3.05) is 19.8 Å². The standard InChI is InChI=1S/C59H62O5/c1-2-3-4-5-6-7-20-35-55(61-42-22-21-24-45-36-37-48-39-38-46-27-23-28-47-40-41-54(45)57(48)56(46)47)62-43-53(64-58(60)49-25-12-8-13-26-49)44-63-59(50-29-14-9-15-30-50,51-31-16-10-17-32-51)52-33-18-11-19-34-52/h8-19,23,25-34,36-41,53,55H,2-7,20-22,24,35,42-44H2,1H3. The molecule has 0 saturated heterocycles. The second-order valence-electron chi connectivity index (χ2n) is 17.1. The van der Waals surface area contributed by atoms with E-state index in [2.05, 4.69) is 97.9 Å². The van der Waals surface area contributed by atoms with Gasteiger partial charge in [0.1, 0.15) is 11.7 Å². The summed E-state index contributed by atoms with van der Waals surface area (Å²) in [5.74, 6) is -0.418. The predicted molar refractivity (Wildman–Crippen MR) is 262 cm³/mol. The topological polar surface area (TPSA) is 54.0 Å². The number of carbonyl (C=O) groups is 1. The Morgan fingerprint density at radius 3 is 1.67 bits per heavy atom. The van der Waals surface area contributed by atoms with Crippen LogP contribution in [0.15, 0.2) is 176 Å². The highest BCUT2D eigenvalue weighted by molar-refractivity contribution is 6.23. The molecule has 0 saturated carbocycles. The van der Waals surface area contributed by atoms with Crippen LogP contribution in [-0.4, -0.2) is 38.2 Å². The summed E-state index contributed by atoms with van der Waals surface area (Å²) in [6.45, 7) is 3.04. The van der Waals surface area contributed by atoms with Crippen molar-refractivity contribution < 1.29 is 23.7 Å². The smallest absolute Gasteiger partial charge is 0.338 e. The average molecular weight is 851 g/mol. The van der Waals surface area contributed by atoms with Crippen LogP contribution in [0.4, 0.5) is 0 Å². The number of esters is 1. The van der Waals surface area contributed by atoms with Gasteiger partial charge >= 0.3 is 5.97 Å². The minimum Gasteiger partial charge on any atom is -0.454 e. The zero-order valence-electron chi connectivity index (χ0n) is 37.3. The lowest BCUT2D eigenvalue weighted by atomic mass is 9.80. The molecule has 2 unspecified atom stereocenters. The van der Waals surface area contributed by atoms with E-state index in [0.717, 1.165) is 55.2 Å². The number of unbranched alkanes of at least 4 members (excludes halogenated alkanes) is 7. The first-order valence-electron chi connectivity index (χ1n) is 23.6. The van der Waals surface area contributed by atoms with Gasteiger partial charge in [0.2, 0.25) is 0 Å². The van der Waals surface area contributed by atoms with Crippen molar-refractivity contribution in [1.29, 1.82) is 0 Å².